The number of ether oxygens (including phenoxy) is 1. The molecule has 0 aromatic heterocycles. The molecule has 2 aliphatic heterocycles. The van der Waals surface area contributed by atoms with Crippen molar-refractivity contribution in [1.82, 2.24) is 10.3 Å². The zero-order valence-electron chi connectivity index (χ0n) is 13.0. The number of carbonyl (C=O) groups excluding carboxylic acids is 2. The summed E-state index contributed by atoms with van der Waals surface area (Å²) in [5.41, 5.74) is 4.40. The van der Waals surface area contributed by atoms with Crippen LogP contribution in [0.15, 0.2) is 29.4 Å². The Morgan fingerprint density at radius 1 is 1.43 bits per heavy atom. The van der Waals surface area contributed by atoms with Gasteiger partial charge in [-0.3, -0.25) is 9.59 Å². The van der Waals surface area contributed by atoms with E-state index in [0.717, 1.165) is 18.7 Å². The first kappa shape index (κ1) is 15.6. The van der Waals surface area contributed by atoms with E-state index in [-0.39, 0.29) is 24.3 Å². The maximum Gasteiger partial charge on any atom is 0.271 e. The third-order valence-corrected chi connectivity index (χ3v) is 3.95. The lowest BCUT2D eigenvalue weighted by Crippen LogP contribution is -2.35. The van der Waals surface area contributed by atoms with Crippen LogP contribution >= 0.6 is 0 Å². The van der Waals surface area contributed by atoms with Crippen molar-refractivity contribution in [2.75, 3.05) is 32.1 Å². The maximum atomic E-state index is 12.2. The van der Waals surface area contributed by atoms with Crippen molar-refractivity contribution in [3.63, 3.8) is 0 Å². The van der Waals surface area contributed by atoms with Crippen molar-refractivity contribution in [2.45, 2.75) is 18.9 Å². The molecule has 2 N–H and O–H groups in total. The average Bonchev–Trinajstić information content (AvgIpc) is 2.56. The van der Waals surface area contributed by atoms with E-state index >= 15 is 0 Å². The molecule has 0 saturated carbocycles. The topological polar surface area (TPSA) is 83.0 Å². The molecule has 2 amide bonds. The Morgan fingerprint density at radius 3 is 3.04 bits per heavy atom. The summed E-state index contributed by atoms with van der Waals surface area (Å²) in [5.74, 6) is -0.453. The number of amides is 2. The lowest BCUT2D eigenvalue weighted by Gasteiger charge is -2.30. The van der Waals surface area contributed by atoms with E-state index in [1.807, 2.05) is 24.3 Å². The Kier molecular flexibility index (Phi) is 4.68. The zero-order chi connectivity index (χ0) is 16.2. The second-order valence-corrected chi connectivity index (χ2v) is 5.79. The fraction of sp³-hybridized carbons (Fsp3) is 0.438. The number of nitrogens with one attached hydrogen (secondary N) is 2. The highest BCUT2D eigenvalue weighted by atomic mass is 16.5. The molecule has 0 spiro atoms. The number of hydrogen-bond acceptors (Lipinski definition) is 5. The molecule has 1 atom stereocenters. The van der Waals surface area contributed by atoms with Gasteiger partial charge in [0.25, 0.3) is 5.91 Å². The summed E-state index contributed by atoms with van der Waals surface area (Å²) in [5, 5.41) is 6.63. The van der Waals surface area contributed by atoms with Crippen LogP contribution in [0.4, 0.5) is 5.69 Å². The molecule has 7 nitrogen and oxygen atoms in total. The van der Waals surface area contributed by atoms with Gasteiger partial charge in [-0.2, -0.15) is 5.10 Å². The van der Waals surface area contributed by atoms with E-state index in [4.69, 9.17) is 4.74 Å². The molecule has 0 bridgehead atoms. The van der Waals surface area contributed by atoms with E-state index < -0.39 is 0 Å². The Morgan fingerprint density at radius 2 is 2.30 bits per heavy atom. The Labute approximate surface area is 134 Å². The van der Waals surface area contributed by atoms with E-state index in [9.17, 15) is 9.59 Å². The largest absolute Gasteiger partial charge is 0.371 e. The fourth-order valence-electron chi connectivity index (χ4n) is 2.64. The van der Waals surface area contributed by atoms with Crippen LogP contribution in [0.3, 0.4) is 0 Å². The predicted octanol–water partition coefficient (Wildman–Crippen LogP) is 0.894. The standard InChI is InChI=1S/C16H20N4O3/c1-20-7-8-23-14(10-20)11-3-2-4-12(9-11)17-16(22)13-5-6-15(21)19-18-13/h2-4,9,14H,5-8,10H2,1H3,(H,17,22)(H,19,21). The number of morpholine rings is 1. The number of nitrogens with zero attached hydrogens (tertiary/aromatic N) is 2. The SMILES string of the molecule is CN1CCOC(c2cccc(NC(=O)C3=NNC(=O)CC3)c2)C1. The lowest BCUT2D eigenvalue weighted by molar-refractivity contribution is -0.121. The van der Waals surface area contributed by atoms with Gasteiger partial charge in [0, 0.05) is 31.6 Å². The molecule has 1 aromatic carbocycles. The summed E-state index contributed by atoms with van der Waals surface area (Å²) in [7, 11) is 2.07. The average molecular weight is 316 g/mol. The van der Waals surface area contributed by atoms with Gasteiger partial charge in [-0.25, -0.2) is 5.43 Å². The van der Waals surface area contributed by atoms with Crippen molar-refractivity contribution in [2.24, 2.45) is 5.10 Å². The van der Waals surface area contributed by atoms with E-state index in [1.54, 1.807) is 0 Å². The maximum absolute atomic E-state index is 12.2. The lowest BCUT2D eigenvalue weighted by atomic mass is 10.1. The first-order valence-corrected chi connectivity index (χ1v) is 7.68. The monoisotopic (exact) mass is 316 g/mol. The van der Waals surface area contributed by atoms with Gasteiger partial charge in [-0.05, 0) is 24.7 Å². The zero-order valence-corrected chi connectivity index (χ0v) is 13.0. The number of carbonyl (C=O) groups is 2. The van der Waals surface area contributed by atoms with Crippen LogP contribution < -0.4 is 10.7 Å². The molecule has 2 heterocycles. The summed E-state index contributed by atoms with van der Waals surface area (Å²) < 4.78 is 5.80. The van der Waals surface area contributed by atoms with Crippen molar-refractivity contribution >= 4 is 23.2 Å². The highest BCUT2D eigenvalue weighted by Gasteiger charge is 2.21. The summed E-state index contributed by atoms with van der Waals surface area (Å²) in [6.07, 6.45) is 0.652. The first-order chi connectivity index (χ1) is 11.1. The minimum absolute atomic E-state index is 0.0110. The van der Waals surface area contributed by atoms with Crippen LogP contribution in [-0.2, 0) is 14.3 Å². The third kappa shape index (κ3) is 3.94. The second kappa shape index (κ2) is 6.89. The van der Waals surface area contributed by atoms with Gasteiger partial charge >= 0.3 is 0 Å². The minimum atomic E-state index is -0.288. The highest BCUT2D eigenvalue weighted by molar-refractivity contribution is 6.43. The molecule has 7 heteroatoms. The Balaban J connectivity index is 1.68. The van der Waals surface area contributed by atoms with Crippen LogP contribution in [0.2, 0.25) is 0 Å². The number of hydrazone groups is 1. The molecular weight excluding hydrogens is 296 g/mol. The molecule has 0 radical (unpaired) electrons. The van der Waals surface area contributed by atoms with Gasteiger partial charge in [0.1, 0.15) is 5.71 Å². The summed E-state index contributed by atoms with van der Waals surface area (Å²) >= 11 is 0. The molecule has 122 valence electrons. The van der Waals surface area contributed by atoms with E-state index in [0.29, 0.717) is 24.4 Å². The Bertz CT molecular complexity index is 644. The predicted molar refractivity (Wildman–Crippen MR) is 86.1 cm³/mol. The quantitative estimate of drug-likeness (QED) is 0.868. The fourth-order valence-corrected chi connectivity index (χ4v) is 2.64. The normalized spacial score (nSPS) is 22.2. The summed E-state index contributed by atoms with van der Waals surface area (Å²) in [6.45, 7) is 2.46. The van der Waals surface area contributed by atoms with E-state index in [1.165, 1.54) is 0 Å². The summed E-state index contributed by atoms with van der Waals surface area (Å²) in [4.78, 5) is 25.5. The van der Waals surface area contributed by atoms with Crippen LogP contribution in [0.25, 0.3) is 0 Å². The van der Waals surface area contributed by atoms with Gasteiger partial charge in [0.15, 0.2) is 0 Å². The third-order valence-electron chi connectivity index (χ3n) is 3.95. The molecule has 1 unspecified atom stereocenters. The van der Waals surface area contributed by atoms with Crippen molar-refractivity contribution in [3.05, 3.63) is 29.8 Å². The number of likely N-dealkylation sites (N-methyl/N-ethyl adjacent to an activating group) is 1. The molecule has 0 aliphatic carbocycles. The van der Waals surface area contributed by atoms with Crippen molar-refractivity contribution in [1.29, 1.82) is 0 Å². The van der Waals surface area contributed by atoms with Gasteiger partial charge in [0.05, 0.1) is 12.7 Å². The van der Waals surface area contributed by atoms with Crippen LogP contribution in [0.1, 0.15) is 24.5 Å². The smallest absolute Gasteiger partial charge is 0.271 e. The van der Waals surface area contributed by atoms with Gasteiger partial charge in [-0.1, -0.05) is 12.1 Å². The molecule has 1 aromatic rings. The molecule has 23 heavy (non-hydrogen) atoms. The van der Waals surface area contributed by atoms with Gasteiger partial charge in [0.2, 0.25) is 5.91 Å². The second-order valence-electron chi connectivity index (χ2n) is 5.79. The van der Waals surface area contributed by atoms with Crippen LogP contribution in [0, 0.1) is 0 Å². The first-order valence-electron chi connectivity index (χ1n) is 7.68. The van der Waals surface area contributed by atoms with Crippen molar-refractivity contribution in [3.8, 4) is 0 Å². The van der Waals surface area contributed by atoms with Crippen LogP contribution in [0.5, 0.6) is 0 Å². The van der Waals surface area contributed by atoms with E-state index in [2.05, 4.69) is 27.8 Å². The molecular formula is C16H20N4O3. The van der Waals surface area contributed by atoms with Gasteiger partial charge in [-0.15, -0.1) is 0 Å². The number of benzene rings is 1. The minimum Gasteiger partial charge on any atom is -0.371 e. The molecule has 1 saturated heterocycles. The highest BCUT2D eigenvalue weighted by Crippen LogP contribution is 2.24. The summed E-state index contributed by atoms with van der Waals surface area (Å²) in [6, 6.07) is 7.64. The van der Waals surface area contributed by atoms with Crippen molar-refractivity contribution < 1.29 is 14.3 Å². The number of hydrogen-bond donors (Lipinski definition) is 2. The Hall–Kier alpha value is -2.25. The van der Waals surface area contributed by atoms with Crippen LogP contribution in [-0.4, -0.2) is 49.2 Å². The number of rotatable bonds is 3. The molecule has 2 aliphatic rings. The number of anilines is 1. The van der Waals surface area contributed by atoms with Gasteiger partial charge < -0.3 is 15.0 Å². The molecule has 3 rings (SSSR count). The molecule has 1 fully saturated rings.